The molecular formula is C16H16N2O4. The van der Waals surface area contributed by atoms with Crippen LogP contribution in [-0.2, 0) is 9.59 Å². The number of allylic oxidation sites excluding steroid dienone is 2. The lowest BCUT2D eigenvalue weighted by molar-refractivity contribution is -0.384. The first-order valence-electron chi connectivity index (χ1n) is 7.17. The number of fused-ring (bicyclic) bond motifs is 1. The Morgan fingerprint density at radius 1 is 1.09 bits per heavy atom. The van der Waals surface area contributed by atoms with Crippen LogP contribution in [-0.4, -0.2) is 16.7 Å². The van der Waals surface area contributed by atoms with Crippen molar-refractivity contribution in [3.63, 3.8) is 0 Å². The Morgan fingerprint density at radius 3 is 2.14 bits per heavy atom. The van der Waals surface area contributed by atoms with Crippen molar-refractivity contribution in [3.05, 3.63) is 45.5 Å². The Bertz CT molecular complexity index is 691. The average Bonchev–Trinajstić information content (AvgIpc) is 2.71. The number of carbonyl (C=O) groups excluding carboxylic acids is 2. The smallest absolute Gasteiger partial charge is 0.271 e. The Morgan fingerprint density at radius 2 is 1.64 bits per heavy atom. The van der Waals surface area contributed by atoms with Crippen LogP contribution < -0.4 is 4.90 Å². The molecule has 0 radical (unpaired) electrons. The highest BCUT2D eigenvalue weighted by Gasteiger charge is 2.49. The van der Waals surface area contributed by atoms with Gasteiger partial charge in [-0.25, -0.2) is 4.90 Å². The van der Waals surface area contributed by atoms with Crippen LogP contribution in [0.1, 0.15) is 26.7 Å². The van der Waals surface area contributed by atoms with E-state index in [4.69, 9.17) is 0 Å². The molecule has 2 aliphatic rings. The zero-order chi connectivity index (χ0) is 16.0. The second kappa shape index (κ2) is 5.05. The van der Waals surface area contributed by atoms with E-state index >= 15 is 0 Å². The summed E-state index contributed by atoms with van der Waals surface area (Å²) in [5.74, 6) is -1.17. The maximum Gasteiger partial charge on any atom is 0.271 e. The monoisotopic (exact) mass is 300 g/mol. The number of hydrogen-bond donors (Lipinski definition) is 0. The summed E-state index contributed by atoms with van der Waals surface area (Å²) in [4.78, 5) is 36.7. The summed E-state index contributed by atoms with van der Waals surface area (Å²) in [5, 5.41) is 10.9. The lowest BCUT2D eigenvalue weighted by atomic mass is 9.78. The van der Waals surface area contributed by atoms with E-state index in [-0.39, 0.29) is 35.0 Å². The van der Waals surface area contributed by atoms with Crippen molar-refractivity contribution in [2.75, 3.05) is 4.90 Å². The maximum absolute atomic E-state index is 12.6. The summed E-state index contributed by atoms with van der Waals surface area (Å²) in [6, 6.07) is 5.68. The molecule has 114 valence electrons. The van der Waals surface area contributed by atoms with E-state index in [0.717, 1.165) is 16.0 Å². The molecule has 1 aliphatic heterocycles. The molecule has 0 bridgehead atoms. The zero-order valence-corrected chi connectivity index (χ0v) is 12.4. The highest BCUT2D eigenvalue weighted by atomic mass is 16.6. The highest BCUT2D eigenvalue weighted by molar-refractivity contribution is 6.22. The molecule has 0 aromatic heterocycles. The van der Waals surface area contributed by atoms with Crippen LogP contribution in [0.15, 0.2) is 35.4 Å². The fourth-order valence-corrected chi connectivity index (χ4v) is 3.25. The molecule has 0 spiro atoms. The predicted octanol–water partition coefficient (Wildman–Crippen LogP) is 2.83. The molecule has 1 saturated heterocycles. The van der Waals surface area contributed by atoms with Gasteiger partial charge in [-0.05, 0) is 32.8 Å². The van der Waals surface area contributed by atoms with Gasteiger partial charge in [0.15, 0.2) is 0 Å². The number of nitro groups is 1. The first-order valence-corrected chi connectivity index (χ1v) is 7.17. The molecule has 1 aromatic rings. The number of rotatable bonds is 2. The number of benzene rings is 1. The quantitative estimate of drug-likeness (QED) is 0.364. The van der Waals surface area contributed by atoms with E-state index in [2.05, 4.69) is 0 Å². The Balaban J connectivity index is 1.97. The molecular weight excluding hydrogens is 284 g/mol. The Labute approximate surface area is 127 Å². The molecule has 2 atom stereocenters. The van der Waals surface area contributed by atoms with Crippen LogP contribution in [0, 0.1) is 22.0 Å². The Kier molecular flexibility index (Phi) is 3.31. The number of amides is 2. The molecule has 1 heterocycles. The van der Waals surface area contributed by atoms with Gasteiger partial charge in [0, 0.05) is 12.1 Å². The summed E-state index contributed by atoms with van der Waals surface area (Å²) in [7, 11) is 0. The fraction of sp³-hybridized carbons (Fsp3) is 0.375. The van der Waals surface area contributed by atoms with Crippen molar-refractivity contribution in [1.82, 2.24) is 0 Å². The van der Waals surface area contributed by atoms with Gasteiger partial charge in [0.05, 0.1) is 22.4 Å². The van der Waals surface area contributed by atoms with Gasteiger partial charge in [-0.15, -0.1) is 0 Å². The minimum Gasteiger partial charge on any atom is -0.274 e. The van der Waals surface area contributed by atoms with Crippen LogP contribution in [0.2, 0.25) is 0 Å². The van der Waals surface area contributed by atoms with Crippen molar-refractivity contribution in [2.45, 2.75) is 26.7 Å². The minimum atomic E-state index is -0.530. The summed E-state index contributed by atoms with van der Waals surface area (Å²) >= 11 is 0. The van der Waals surface area contributed by atoms with Crippen molar-refractivity contribution in [3.8, 4) is 0 Å². The summed E-state index contributed by atoms with van der Waals surface area (Å²) in [6.45, 7) is 3.97. The number of non-ortho nitro benzene ring substituents is 1. The lowest BCUT2D eigenvalue weighted by Crippen LogP contribution is -2.30. The molecule has 0 unspecified atom stereocenters. The average molecular weight is 300 g/mol. The highest BCUT2D eigenvalue weighted by Crippen LogP contribution is 2.42. The molecule has 0 N–H and O–H groups in total. The first-order chi connectivity index (χ1) is 10.4. The summed E-state index contributed by atoms with van der Waals surface area (Å²) in [6.07, 6.45) is 1.18. The third-order valence-corrected chi connectivity index (χ3v) is 4.64. The van der Waals surface area contributed by atoms with Gasteiger partial charge in [-0.3, -0.25) is 19.7 Å². The number of carbonyl (C=O) groups is 2. The molecule has 1 aromatic carbocycles. The minimum absolute atomic E-state index is 0.126. The fourth-order valence-electron chi connectivity index (χ4n) is 3.25. The van der Waals surface area contributed by atoms with Crippen molar-refractivity contribution in [2.24, 2.45) is 11.8 Å². The van der Waals surface area contributed by atoms with Gasteiger partial charge in [0.1, 0.15) is 0 Å². The van der Waals surface area contributed by atoms with E-state index in [9.17, 15) is 19.7 Å². The third-order valence-electron chi connectivity index (χ3n) is 4.64. The zero-order valence-electron chi connectivity index (χ0n) is 12.4. The number of hydrogen-bond acceptors (Lipinski definition) is 4. The first kappa shape index (κ1) is 14.4. The van der Waals surface area contributed by atoms with Gasteiger partial charge >= 0.3 is 0 Å². The van der Waals surface area contributed by atoms with Crippen molar-refractivity contribution in [1.29, 1.82) is 0 Å². The van der Waals surface area contributed by atoms with E-state index in [1.54, 1.807) is 6.07 Å². The summed E-state index contributed by atoms with van der Waals surface area (Å²) < 4.78 is 0. The topological polar surface area (TPSA) is 80.5 Å². The van der Waals surface area contributed by atoms with Crippen LogP contribution in [0.25, 0.3) is 0 Å². The van der Waals surface area contributed by atoms with Gasteiger partial charge < -0.3 is 0 Å². The molecule has 0 saturated carbocycles. The van der Waals surface area contributed by atoms with Crippen molar-refractivity contribution < 1.29 is 14.5 Å². The molecule has 6 heteroatoms. The third kappa shape index (κ3) is 2.11. The van der Waals surface area contributed by atoms with Crippen LogP contribution in [0.3, 0.4) is 0 Å². The van der Waals surface area contributed by atoms with E-state index < -0.39 is 4.92 Å². The molecule has 1 aliphatic carbocycles. The van der Waals surface area contributed by atoms with Crippen LogP contribution in [0.5, 0.6) is 0 Å². The van der Waals surface area contributed by atoms with Crippen LogP contribution in [0.4, 0.5) is 11.4 Å². The maximum atomic E-state index is 12.6. The SMILES string of the molecule is CC1=C(C)C[C@H]2C(=O)N(c3cccc([N+](=O)[O-])c3)C(=O)[C@H]2C1. The predicted molar refractivity (Wildman–Crippen MR) is 80.2 cm³/mol. The molecule has 1 fully saturated rings. The number of nitrogens with zero attached hydrogens (tertiary/aromatic N) is 2. The van der Waals surface area contributed by atoms with Gasteiger partial charge in [0.2, 0.25) is 11.8 Å². The number of imide groups is 1. The number of nitro benzene ring substituents is 1. The second-order valence-corrected chi connectivity index (χ2v) is 5.97. The standard InChI is InChI=1S/C16H16N2O4/c1-9-6-13-14(7-10(9)2)16(20)17(15(13)19)11-4-3-5-12(8-11)18(21)22/h3-5,8,13-14H,6-7H2,1-2H3/t13-,14+. The van der Waals surface area contributed by atoms with E-state index in [0.29, 0.717) is 12.8 Å². The largest absolute Gasteiger partial charge is 0.274 e. The normalized spacial score (nSPS) is 24.7. The van der Waals surface area contributed by atoms with E-state index in [1.807, 2.05) is 13.8 Å². The molecule has 22 heavy (non-hydrogen) atoms. The van der Waals surface area contributed by atoms with Gasteiger partial charge in [-0.2, -0.15) is 0 Å². The van der Waals surface area contributed by atoms with E-state index in [1.165, 1.54) is 18.2 Å². The molecule has 2 amide bonds. The van der Waals surface area contributed by atoms with Crippen LogP contribution >= 0.6 is 0 Å². The second-order valence-electron chi connectivity index (χ2n) is 5.97. The summed E-state index contributed by atoms with van der Waals surface area (Å²) in [5.41, 5.74) is 2.47. The molecule has 3 rings (SSSR count). The van der Waals surface area contributed by atoms with Crippen molar-refractivity contribution >= 4 is 23.2 Å². The van der Waals surface area contributed by atoms with Gasteiger partial charge in [0.25, 0.3) is 5.69 Å². The molecule has 6 nitrogen and oxygen atoms in total. The number of anilines is 1. The van der Waals surface area contributed by atoms with Gasteiger partial charge in [-0.1, -0.05) is 17.2 Å². The Hall–Kier alpha value is -2.50. The lowest BCUT2D eigenvalue weighted by Gasteiger charge is -2.23.